The van der Waals surface area contributed by atoms with Crippen molar-refractivity contribution in [2.45, 2.75) is 19.4 Å². The van der Waals surface area contributed by atoms with Crippen LogP contribution in [0.25, 0.3) is 0 Å². The van der Waals surface area contributed by atoms with E-state index in [2.05, 4.69) is 29.8 Å². The van der Waals surface area contributed by atoms with Gasteiger partial charge in [-0.3, -0.25) is 15.2 Å². The number of nitrogens with one attached hydrogen (secondary N) is 2. The van der Waals surface area contributed by atoms with E-state index in [1.54, 1.807) is 0 Å². The number of hydrogen-bond acceptors (Lipinski definition) is 3. The van der Waals surface area contributed by atoms with Crippen molar-refractivity contribution >= 4 is 17.3 Å². The van der Waals surface area contributed by atoms with Crippen molar-refractivity contribution in [3.8, 4) is 0 Å². The van der Waals surface area contributed by atoms with Crippen molar-refractivity contribution < 1.29 is 4.79 Å². The minimum absolute atomic E-state index is 0.0703. The summed E-state index contributed by atoms with van der Waals surface area (Å²) < 4.78 is 0. The molecular formula is C17H19N3O. The van der Waals surface area contributed by atoms with Crippen LogP contribution in [0.5, 0.6) is 0 Å². The van der Waals surface area contributed by atoms with Crippen molar-refractivity contribution in [1.29, 1.82) is 0 Å². The summed E-state index contributed by atoms with van der Waals surface area (Å²) in [5, 5.41) is 5.43. The molecule has 1 aliphatic heterocycles. The van der Waals surface area contributed by atoms with Crippen molar-refractivity contribution in [2.24, 2.45) is 0 Å². The smallest absolute Gasteiger partial charge is 0.240 e. The Morgan fingerprint density at radius 3 is 2.52 bits per heavy atom. The molecule has 2 aromatic carbocycles. The highest BCUT2D eigenvalue weighted by Gasteiger charge is 2.21. The van der Waals surface area contributed by atoms with Crippen LogP contribution in [-0.4, -0.2) is 12.5 Å². The number of carbonyl (C=O) groups is 1. The molecule has 21 heavy (non-hydrogen) atoms. The summed E-state index contributed by atoms with van der Waals surface area (Å²) in [6.07, 6.45) is 0.544. The number of hydrazine groups is 1. The second-order valence-electron chi connectivity index (χ2n) is 5.23. The molecule has 0 saturated carbocycles. The van der Waals surface area contributed by atoms with Gasteiger partial charge >= 0.3 is 0 Å². The second-order valence-corrected chi connectivity index (χ2v) is 5.23. The van der Waals surface area contributed by atoms with E-state index in [1.807, 2.05) is 47.5 Å². The van der Waals surface area contributed by atoms with Gasteiger partial charge in [0.05, 0.1) is 11.4 Å². The Bertz CT molecular complexity index is 627. The molecule has 0 bridgehead atoms. The molecule has 0 radical (unpaired) electrons. The van der Waals surface area contributed by atoms with Gasteiger partial charge in [-0.15, -0.1) is 0 Å². The van der Waals surface area contributed by atoms with Gasteiger partial charge in [-0.1, -0.05) is 42.5 Å². The van der Waals surface area contributed by atoms with Crippen LogP contribution in [0.15, 0.2) is 54.6 Å². The van der Waals surface area contributed by atoms with Crippen molar-refractivity contribution in [2.75, 3.05) is 16.9 Å². The van der Waals surface area contributed by atoms with E-state index in [9.17, 15) is 4.79 Å². The third-order valence-corrected chi connectivity index (χ3v) is 3.69. The van der Waals surface area contributed by atoms with Gasteiger partial charge in [0.2, 0.25) is 5.91 Å². The van der Waals surface area contributed by atoms with Crippen LogP contribution >= 0.6 is 0 Å². The van der Waals surface area contributed by atoms with Gasteiger partial charge in [0.15, 0.2) is 0 Å². The third kappa shape index (κ3) is 2.99. The van der Waals surface area contributed by atoms with E-state index >= 15 is 0 Å². The van der Waals surface area contributed by atoms with Crippen LogP contribution < -0.4 is 15.8 Å². The number of anilines is 2. The molecule has 1 heterocycles. The Hall–Kier alpha value is -2.49. The van der Waals surface area contributed by atoms with Crippen LogP contribution in [0.4, 0.5) is 11.4 Å². The Kier molecular flexibility index (Phi) is 3.77. The molecule has 0 aliphatic carbocycles. The molecule has 108 valence electrons. The molecule has 2 aromatic rings. The van der Waals surface area contributed by atoms with Crippen molar-refractivity contribution in [3.63, 3.8) is 0 Å². The summed E-state index contributed by atoms with van der Waals surface area (Å²) in [7, 11) is 0. The molecule has 4 heteroatoms. The first-order chi connectivity index (χ1) is 10.2. The molecule has 0 spiro atoms. The topological polar surface area (TPSA) is 44.4 Å². The first-order valence-corrected chi connectivity index (χ1v) is 7.21. The van der Waals surface area contributed by atoms with Crippen LogP contribution in [0.3, 0.4) is 0 Å². The first kappa shape index (κ1) is 13.5. The standard InChI is InChI=1S/C17H19N3O/c1-13(14-7-3-2-4-8-14)18-15-9-5-6-10-16(15)20-12-11-17(21)19-20/h2-10,13,18H,11-12H2,1H3,(H,19,21). The maximum Gasteiger partial charge on any atom is 0.240 e. The number of rotatable bonds is 4. The molecule has 4 nitrogen and oxygen atoms in total. The Balaban J connectivity index is 1.81. The molecule has 1 fully saturated rings. The molecule has 2 N–H and O–H groups in total. The predicted molar refractivity (Wildman–Crippen MR) is 85.0 cm³/mol. The summed E-state index contributed by atoms with van der Waals surface area (Å²) in [6, 6.07) is 18.6. The highest BCUT2D eigenvalue weighted by atomic mass is 16.2. The minimum Gasteiger partial charge on any atom is -0.377 e. The van der Waals surface area contributed by atoms with E-state index in [4.69, 9.17) is 0 Å². The van der Waals surface area contributed by atoms with Gasteiger partial charge in [0.1, 0.15) is 0 Å². The van der Waals surface area contributed by atoms with Crippen molar-refractivity contribution in [3.05, 3.63) is 60.2 Å². The monoisotopic (exact) mass is 281 g/mol. The van der Waals surface area contributed by atoms with E-state index in [-0.39, 0.29) is 11.9 Å². The quantitative estimate of drug-likeness (QED) is 0.905. The SMILES string of the molecule is CC(Nc1ccccc1N1CCC(=O)N1)c1ccccc1. The largest absolute Gasteiger partial charge is 0.377 e. The summed E-state index contributed by atoms with van der Waals surface area (Å²) in [4.78, 5) is 11.4. The average molecular weight is 281 g/mol. The van der Waals surface area contributed by atoms with E-state index in [0.29, 0.717) is 13.0 Å². The number of benzene rings is 2. The predicted octanol–water partition coefficient (Wildman–Crippen LogP) is 3.10. The summed E-state index contributed by atoms with van der Waals surface area (Å²) in [5.74, 6) is 0.0703. The minimum atomic E-state index is 0.0703. The Labute approximate surface area is 124 Å². The average Bonchev–Trinajstić information content (AvgIpc) is 2.95. The summed E-state index contributed by atoms with van der Waals surface area (Å²) in [6.45, 7) is 2.84. The zero-order valence-electron chi connectivity index (χ0n) is 12.0. The molecule has 3 rings (SSSR count). The first-order valence-electron chi connectivity index (χ1n) is 7.21. The van der Waals surface area contributed by atoms with Gasteiger partial charge in [-0.25, -0.2) is 0 Å². The molecule has 1 unspecified atom stereocenters. The fourth-order valence-corrected chi connectivity index (χ4v) is 2.55. The Morgan fingerprint density at radius 2 is 1.81 bits per heavy atom. The van der Waals surface area contributed by atoms with E-state index in [1.165, 1.54) is 5.56 Å². The number of para-hydroxylation sites is 2. The van der Waals surface area contributed by atoms with E-state index in [0.717, 1.165) is 11.4 Å². The molecule has 1 atom stereocenters. The van der Waals surface area contributed by atoms with Crippen LogP contribution in [0.1, 0.15) is 24.9 Å². The lowest BCUT2D eigenvalue weighted by molar-refractivity contribution is -0.119. The van der Waals surface area contributed by atoms with Gasteiger partial charge in [-0.2, -0.15) is 0 Å². The van der Waals surface area contributed by atoms with Crippen LogP contribution in [0, 0.1) is 0 Å². The highest BCUT2D eigenvalue weighted by molar-refractivity contribution is 5.84. The summed E-state index contributed by atoms with van der Waals surface area (Å²) >= 11 is 0. The van der Waals surface area contributed by atoms with Gasteiger partial charge in [0.25, 0.3) is 0 Å². The zero-order valence-corrected chi connectivity index (χ0v) is 12.0. The fourth-order valence-electron chi connectivity index (χ4n) is 2.55. The number of nitrogens with zero attached hydrogens (tertiary/aromatic N) is 1. The number of carbonyl (C=O) groups excluding carboxylic acids is 1. The highest BCUT2D eigenvalue weighted by Crippen LogP contribution is 2.29. The third-order valence-electron chi connectivity index (χ3n) is 3.69. The van der Waals surface area contributed by atoms with Gasteiger partial charge in [-0.05, 0) is 24.6 Å². The maximum absolute atomic E-state index is 11.4. The normalized spacial score (nSPS) is 15.7. The summed E-state index contributed by atoms with van der Waals surface area (Å²) in [5.41, 5.74) is 6.14. The van der Waals surface area contributed by atoms with Crippen molar-refractivity contribution in [1.82, 2.24) is 5.43 Å². The second kappa shape index (κ2) is 5.87. The van der Waals surface area contributed by atoms with E-state index < -0.39 is 0 Å². The molecule has 1 saturated heterocycles. The lowest BCUT2D eigenvalue weighted by atomic mass is 10.1. The molecule has 1 aliphatic rings. The number of hydrogen-bond donors (Lipinski definition) is 2. The Morgan fingerprint density at radius 1 is 1.10 bits per heavy atom. The van der Waals surface area contributed by atoms with Crippen LogP contribution in [0.2, 0.25) is 0 Å². The zero-order chi connectivity index (χ0) is 14.7. The maximum atomic E-state index is 11.4. The molecule has 1 amide bonds. The lowest BCUT2D eigenvalue weighted by Gasteiger charge is -2.24. The fraction of sp³-hybridized carbons (Fsp3) is 0.235. The van der Waals surface area contributed by atoms with Crippen LogP contribution in [-0.2, 0) is 4.79 Å². The molecule has 0 aromatic heterocycles. The molecular weight excluding hydrogens is 262 g/mol. The lowest BCUT2D eigenvalue weighted by Crippen LogP contribution is -2.33. The number of amides is 1. The van der Waals surface area contributed by atoms with Gasteiger partial charge in [0, 0.05) is 19.0 Å². The van der Waals surface area contributed by atoms with Gasteiger partial charge < -0.3 is 5.32 Å².